The van der Waals surface area contributed by atoms with Crippen molar-refractivity contribution in [1.82, 2.24) is 14.5 Å². The molecule has 7 heteroatoms. The Morgan fingerprint density at radius 1 is 1.23 bits per heavy atom. The number of aromatic amines is 1. The van der Waals surface area contributed by atoms with Gasteiger partial charge in [-0.2, -0.15) is 0 Å². The van der Waals surface area contributed by atoms with Crippen LogP contribution in [0.1, 0.15) is 32.1 Å². The lowest BCUT2D eigenvalue weighted by molar-refractivity contribution is -0.130. The Bertz CT molecular complexity index is 844. The molecule has 142 valence electrons. The molecule has 6 nitrogen and oxygen atoms in total. The molecule has 1 amide bonds. The third-order valence-corrected chi connectivity index (χ3v) is 4.75. The van der Waals surface area contributed by atoms with E-state index in [0.717, 1.165) is 31.2 Å². The predicted octanol–water partition coefficient (Wildman–Crippen LogP) is 3.11. The minimum Gasteiger partial charge on any atom is -0.385 e. The molecule has 0 aliphatic carbocycles. The van der Waals surface area contributed by atoms with E-state index in [2.05, 4.69) is 4.98 Å². The van der Waals surface area contributed by atoms with E-state index in [1.165, 1.54) is 0 Å². The first kappa shape index (κ1) is 20.3. The van der Waals surface area contributed by atoms with E-state index >= 15 is 0 Å². The second-order valence-corrected chi connectivity index (χ2v) is 6.79. The molecule has 0 saturated carbocycles. The first-order chi connectivity index (χ1) is 12.5. The van der Waals surface area contributed by atoms with Gasteiger partial charge in [-0.25, -0.2) is 0 Å². The van der Waals surface area contributed by atoms with Crippen LogP contribution in [0.25, 0.3) is 10.9 Å². The molecular weight excluding hydrogens is 350 g/mol. The maximum absolute atomic E-state index is 12.5. The largest absolute Gasteiger partial charge is 0.385 e. The van der Waals surface area contributed by atoms with Crippen molar-refractivity contribution in [2.75, 3.05) is 27.3 Å². The number of hydrogen-bond acceptors (Lipinski definition) is 4. The third kappa shape index (κ3) is 5.51. The van der Waals surface area contributed by atoms with E-state index < -0.39 is 0 Å². The quantitative estimate of drug-likeness (QED) is 0.510. The summed E-state index contributed by atoms with van der Waals surface area (Å²) in [7, 11) is 3.49. The van der Waals surface area contributed by atoms with Gasteiger partial charge in [-0.3, -0.25) is 14.2 Å². The van der Waals surface area contributed by atoms with E-state index in [0.29, 0.717) is 36.3 Å². The number of aromatic nitrogens is 2. The summed E-state index contributed by atoms with van der Waals surface area (Å²) in [5.41, 5.74) is 0.708. The van der Waals surface area contributed by atoms with Gasteiger partial charge in [0.25, 0.3) is 5.56 Å². The average molecular weight is 378 g/mol. The SMILES string of the molecule is COCCCN(C)C(=O)CCCCCn1c(=S)[nH]c2ccccc2c1=O. The van der Waals surface area contributed by atoms with Gasteiger partial charge in [0.05, 0.1) is 10.9 Å². The molecule has 0 aliphatic heterocycles. The van der Waals surface area contributed by atoms with E-state index in [-0.39, 0.29) is 11.5 Å². The molecule has 0 bridgehead atoms. The van der Waals surface area contributed by atoms with Crippen LogP contribution in [0.3, 0.4) is 0 Å². The number of nitrogens with one attached hydrogen (secondary N) is 1. The van der Waals surface area contributed by atoms with Gasteiger partial charge in [-0.05, 0) is 43.6 Å². The molecule has 2 rings (SSSR count). The highest BCUT2D eigenvalue weighted by molar-refractivity contribution is 7.71. The Morgan fingerprint density at radius 3 is 2.77 bits per heavy atom. The molecule has 0 spiro atoms. The molecular formula is C19H27N3O3S. The second-order valence-electron chi connectivity index (χ2n) is 6.40. The topological polar surface area (TPSA) is 67.3 Å². The molecule has 1 heterocycles. The van der Waals surface area contributed by atoms with Crippen LogP contribution in [-0.4, -0.2) is 47.7 Å². The highest BCUT2D eigenvalue weighted by Gasteiger charge is 2.08. The van der Waals surface area contributed by atoms with Crippen molar-refractivity contribution >= 4 is 29.0 Å². The summed E-state index contributed by atoms with van der Waals surface area (Å²) in [6.07, 6.45) is 3.89. The van der Waals surface area contributed by atoms with Crippen molar-refractivity contribution in [3.8, 4) is 0 Å². The Hall–Kier alpha value is -1.99. The second kappa shape index (κ2) is 10.2. The van der Waals surface area contributed by atoms with Gasteiger partial charge < -0.3 is 14.6 Å². The fourth-order valence-electron chi connectivity index (χ4n) is 2.89. The minimum absolute atomic E-state index is 0.0571. The van der Waals surface area contributed by atoms with Crippen molar-refractivity contribution in [3.05, 3.63) is 39.4 Å². The van der Waals surface area contributed by atoms with Crippen LogP contribution >= 0.6 is 12.2 Å². The number of benzene rings is 1. The van der Waals surface area contributed by atoms with Gasteiger partial charge in [0.1, 0.15) is 0 Å². The fourth-order valence-corrected chi connectivity index (χ4v) is 3.17. The Balaban J connectivity index is 1.80. The van der Waals surface area contributed by atoms with Gasteiger partial charge in [0.15, 0.2) is 4.77 Å². The number of methoxy groups -OCH3 is 1. The normalized spacial score (nSPS) is 11.0. The van der Waals surface area contributed by atoms with E-state index in [4.69, 9.17) is 17.0 Å². The molecule has 2 aromatic rings. The number of nitrogens with zero attached hydrogens (tertiary/aromatic N) is 2. The Kier molecular flexibility index (Phi) is 8.00. The molecule has 0 unspecified atom stereocenters. The zero-order valence-electron chi connectivity index (χ0n) is 15.5. The molecule has 0 atom stereocenters. The molecule has 1 N–H and O–H groups in total. The highest BCUT2D eigenvalue weighted by atomic mass is 32.1. The summed E-state index contributed by atoms with van der Waals surface area (Å²) in [5.74, 6) is 0.154. The summed E-state index contributed by atoms with van der Waals surface area (Å²) >= 11 is 5.31. The zero-order chi connectivity index (χ0) is 18.9. The Morgan fingerprint density at radius 2 is 2.00 bits per heavy atom. The highest BCUT2D eigenvalue weighted by Crippen LogP contribution is 2.08. The number of carbonyl (C=O) groups is 1. The van der Waals surface area contributed by atoms with Crippen LogP contribution in [0.4, 0.5) is 0 Å². The van der Waals surface area contributed by atoms with E-state index in [9.17, 15) is 9.59 Å². The lowest BCUT2D eigenvalue weighted by Crippen LogP contribution is -2.28. The van der Waals surface area contributed by atoms with Crippen LogP contribution in [-0.2, 0) is 16.1 Å². The number of amides is 1. The summed E-state index contributed by atoms with van der Waals surface area (Å²) in [6, 6.07) is 7.38. The molecule has 0 aliphatic rings. The van der Waals surface area contributed by atoms with Crippen molar-refractivity contribution in [2.24, 2.45) is 0 Å². The van der Waals surface area contributed by atoms with Gasteiger partial charge >= 0.3 is 0 Å². The van der Waals surface area contributed by atoms with Crippen LogP contribution in [0, 0.1) is 4.77 Å². The number of unbranched alkanes of at least 4 members (excludes halogenated alkanes) is 2. The summed E-state index contributed by atoms with van der Waals surface area (Å²) in [6.45, 7) is 1.95. The van der Waals surface area contributed by atoms with Crippen molar-refractivity contribution in [1.29, 1.82) is 0 Å². The standard InChI is InChI=1S/C19H27N3O3S/c1-21(12-8-14-25-2)17(23)11-4-3-7-13-22-18(24)15-9-5-6-10-16(15)20-19(22)26/h5-6,9-10H,3-4,7-8,11-14H2,1-2H3,(H,20,26). The van der Waals surface area contributed by atoms with E-state index in [1.54, 1.807) is 22.6 Å². The number of hydrogen-bond donors (Lipinski definition) is 1. The molecule has 1 aromatic heterocycles. The first-order valence-corrected chi connectivity index (χ1v) is 9.40. The van der Waals surface area contributed by atoms with Crippen LogP contribution in [0.2, 0.25) is 0 Å². The summed E-state index contributed by atoms with van der Waals surface area (Å²) < 4.78 is 7.05. The van der Waals surface area contributed by atoms with Crippen LogP contribution < -0.4 is 5.56 Å². The first-order valence-electron chi connectivity index (χ1n) is 8.99. The number of para-hydroxylation sites is 1. The number of ether oxygens (including phenoxy) is 1. The summed E-state index contributed by atoms with van der Waals surface area (Å²) in [4.78, 5) is 29.4. The van der Waals surface area contributed by atoms with Crippen molar-refractivity contribution < 1.29 is 9.53 Å². The third-order valence-electron chi connectivity index (χ3n) is 4.43. The van der Waals surface area contributed by atoms with Gasteiger partial charge in [0.2, 0.25) is 5.91 Å². The monoisotopic (exact) mass is 377 g/mol. The summed E-state index contributed by atoms with van der Waals surface area (Å²) in [5, 5.41) is 0.647. The maximum atomic E-state index is 12.5. The van der Waals surface area contributed by atoms with Gasteiger partial charge in [-0.15, -0.1) is 0 Å². The smallest absolute Gasteiger partial charge is 0.262 e. The van der Waals surface area contributed by atoms with Crippen molar-refractivity contribution in [2.45, 2.75) is 38.6 Å². The van der Waals surface area contributed by atoms with Crippen molar-refractivity contribution in [3.63, 3.8) is 0 Å². The maximum Gasteiger partial charge on any atom is 0.262 e. The molecule has 1 aromatic carbocycles. The lowest BCUT2D eigenvalue weighted by Gasteiger charge is -2.16. The molecule has 0 fully saturated rings. The number of fused-ring (bicyclic) bond motifs is 1. The molecule has 0 radical (unpaired) electrons. The van der Waals surface area contributed by atoms with Crippen LogP contribution in [0.5, 0.6) is 0 Å². The van der Waals surface area contributed by atoms with Crippen LogP contribution in [0.15, 0.2) is 29.1 Å². The van der Waals surface area contributed by atoms with Gasteiger partial charge in [-0.1, -0.05) is 18.6 Å². The average Bonchev–Trinajstić information content (AvgIpc) is 2.63. The molecule has 26 heavy (non-hydrogen) atoms. The predicted molar refractivity (Wildman–Crippen MR) is 106 cm³/mol. The number of carbonyl (C=O) groups excluding carboxylic acids is 1. The molecule has 0 saturated heterocycles. The zero-order valence-corrected chi connectivity index (χ0v) is 16.3. The van der Waals surface area contributed by atoms with Gasteiger partial charge in [0, 0.05) is 40.3 Å². The fraction of sp³-hybridized carbons (Fsp3) is 0.526. The minimum atomic E-state index is -0.0571. The number of H-pyrrole nitrogens is 1. The Labute approximate surface area is 158 Å². The van der Waals surface area contributed by atoms with E-state index in [1.807, 2.05) is 25.2 Å². The lowest BCUT2D eigenvalue weighted by atomic mass is 10.1. The number of rotatable bonds is 10.